The van der Waals surface area contributed by atoms with E-state index in [2.05, 4.69) is 31.9 Å². The molecule has 1 aromatic rings. The molecule has 0 aliphatic rings. The van der Waals surface area contributed by atoms with Crippen molar-refractivity contribution in [3.05, 3.63) is 26.6 Å². The fourth-order valence-electron chi connectivity index (χ4n) is 0.984. The Hall–Kier alpha value is -0.550. The van der Waals surface area contributed by atoms with Crippen molar-refractivity contribution >= 4 is 43.5 Å². The maximum Gasteiger partial charge on any atom is 0.338 e. The highest BCUT2D eigenvalue weighted by Gasteiger charge is 2.12. The molecule has 0 aliphatic carbocycles. The molecule has 0 spiro atoms. The van der Waals surface area contributed by atoms with Crippen LogP contribution in [-0.4, -0.2) is 12.1 Å². The molecule has 0 bridgehead atoms. The number of rotatable bonds is 2. The minimum atomic E-state index is -0.355. The summed E-state index contributed by atoms with van der Waals surface area (Å²) in [5, 5.41) is 0. The number of nitrogen functional groups attached to an aromatic ring is 1. The predicted molar refractivity (Wildman–Crippen MR) is 66.8 cm³/mol. The molecular formula is C10H11Br2NO2. The van der Waals surface area contributed by atoms with Gasteiger partial charge in [0.1, 0.15) is 0 Å². The lowest BCUT2D eigenvalue weighted by Gasteiger charge is -2.09. The van der Waals surface area contributed by atoms with Gasteiger partial charge in [0.2, 0.25) is 0 Å². The second-order valence-corrected chi connectivity index (χ2v) is 5.02. The molecule has 0 radical (unpaired) electrons. The highest BCUT2D eigenvalue weighted by Crippen LogP contribution is 2.29. The van der Waals surface area contributed by atoms with Gasteiger partial charge < -0.3 is 10.5 Å². The fourth-order valence-corrected chi connectivity index (χ4v) is 2.17. The Balaban J connectivity index is 3.01. The Morgan fingerprint density at radius 2 is 1.80 bits per heavy atom. The number of esters is 1. The molecule has 5 heteroatoms. The van der Waals surface area contributed by atoms with Crippen molar-refractivity contribution in [2.45, 2.75) is 20.0 Å². The summed E-state index contributed by atoms with van der Waals surface area (Å²) in [7, 11) is 0. The molecule has 3 nitrogen and oxygen atoms in total. The van der Waals surface area contributed by atoms with E-state index in [0.717, 1.165) is 0 Å². The van der Waals surface area contributed by atoms with E-state index in [4.69, 9.17) is 10.5 Å². The first kappa shape index (κ1) is 12.5. The zero-order valence-electron chi connectivity index (χ0n) is 8.38. The highest BCUT2D eigenvalue weighted by molar-refractivity contribution is 9.11. The van der Waals surface area contributed by atoms with Gasteiger partial charge in [0.15, 0.2) is 0 Å². The number of hydrogen-bond acceptors (Lipinski definition) is 3. The maximum absolute atomic E-state index is 11.6. The van der Waals surface area contributed by atoms with Crippen LogP contribution in [0.25, 0.3) is 0 Å². The molecule has 0 heterocycles. The van der Waals surface area contributed by atoms with Gasteiger partial charge in [0.05, 0.1) is 17.4 Å². The van der Waals surface area contributed by atoms with E-state index >= 15 is 0 Å². The Morgan fingerprint density at radius 1 is 1.33 bits per heavy atom. The van der Waals surface area contributed by atoms with Gasteiger partial charge in [-0.3, -0.25) is 0 Å². The maximum atomic E-state index is 11.6. The van der Waals surface area contributed by atoms with E-state index < -0.39 is 0 Å². The van der Waals surface area contributed by atoms with Crippen LogP contribution in [-0.2, 0) is 4.74 Å². The van der Waals surface area contributed by atoms with E-state index in [-0.39, 0.29) is 12.1 Å². The molecule has 82 valence electrons. The molecular weight excluding hydrogens is 326 g/mol. The minimum absolute atomic E-state index is 0.132. The Bertz CT molecular complexity index is 368. The summed E-state index contributed by atoms with van der Waals surface area (Å²) in [5.41, 5.74) is 6.74. The summed E-state index contributed by atoms with van der Waals surface area (Å²) in [6.07, 6.45) is -0.132. The smallest absolute Gasteiger partial charge is 0.338 e. The van der Waals surface area contributed by atoms with Gasteiger partial charge in [-0.05, 0) is 57.8 Å². The average Bonchev–Trinajstić information content (AvgIpc) is 2.12. The highest BCUT2D eigenvalue weighted by atomic mass is 79.9. The lowest BCUT2D eigenvalue weighted by molar-refractivity contribution is 0.0378. The number of hydrogen-bond donors (Lipinski definition) is 1. The van der Waals surface area contributed by atoms with Gasteiger partial charge in [-0.2, -0.15) is 0 Å². The van der Waals surface area contributed by atoms with Gasteiger partial charge in [-0.25, -0.2) is 4.79 Å². The topological polar surface area (TPSA) is 52.3 Å². The molecule has 0 fully saturated rings. The number of halogens is 2. The van der Waals surface area contributed by atoms with Crippen molar-refractivity contribution in [3.8, 4) is 0 Å². The molecule has 15 heavy (non-hydrogen) atoms. The van der Waals surface area contributed by atoms with Crippen LogP contribution in [0, 0.1) is 0 Å². The van der Waals surface area contributed by atoms with Gasteiger partial charge in [-0.1, -0.05) is 0 Å². The van der Waals surface area contributed by atoms with Crippen molar-refractivity contribution in [1.29, 1.82) is 0 Å². The third-order valence-corrected chi connectivity index (χ3v) is 2.97. The lowest BCUT2D eigenvalue weighted by atomic mass is 10.2. The molecule has 0 aliphatic heterocycles. The number of ether oxygens (including phenoxy) is 1. The predicted octanol–water partition coefficient (Wildman–Crippen LogP) is 3.36. The first-order valence-corrected chi connectivity index (χ1v) is 5.96. The molecule has 0 saturated heterocycles. The van der Waals surface area contributed by atoms with Crippen molar-refractivity contribution in [2.75, 3.05) is 5.73 Å². The molecule has 2 N–H and O–H groups in total. The second kappa shape index (κ2) is 4.99. The summed E-state index contributed by atoms with van der Waals surface area (Å²) in [6, 6.07) is 3.29. The Kier molecular flexibility index (Phi) is 4.16. The zero-order chi connectivity index (χ0) is 11.6. The summed E-state index contributed by atoms with van der Waals surface area (Å²) in [6.45, 7) is 3.61. The van der Waals surface area contributed by atoms with Crippen LogP contribution in [0.5, 0.6) is 0 Å². The van der Waals surface area contributed by atoms with Gasteiger partial charge in [0, 0.05) is 8.95 Å². The normalized spacial score (nSPS) is 10.5. The van der Waals surface area contributed by atoms with Crippen LogP contribution in [0.15, 0.2) is 21.1 Å². The van der Waals surface area contributed by atoms with Gasteiger partial charge >= 0.3 is 5.97 Å². The van der Waals surface area contributed by atoms with Crippen molar-refractivity contribution < 1.29 is 9.53 Å². The monoisotopic (exact) mass is 335 g/mol. The Morgan fingerprint density at radius 3 is 2.20 bits per heavy atom. The van der Waals surface area contributed by atoms with E-state index in [1.165, 1.54) is 0 Å². The van der Waals surface area contributed by atoms with Crippen LogP contribution >= 0.6 is 31.9 Å². The number of anilines is 1. The number of nitrogens with two attached hydrogens (primary N) is 1. The third kappa shape index (κ3) is 3.21. The van der Waals surface area contributed by atoms with E-state index in [1.807, 2.05) is 0 Å². The Labute approximate surface area is 105 Å². The average molecular weight is 337 g/mol. The molecule has 1 aromatic carbocycles. The van der Waals surface area contributed by atoms with Crippen molar-refractivity contribution in [2.24, 2.45) is 0 Å². The van der Waals surface area contributed by atoms with Crippen LogP contribution in [0.2, 0.25) is 0 Å². The quantitative estimate of drug-likeness (QED) is 0.665. The lowest BCUT2D eigenvalue weighted by Crippen LogP contribution is -2.11. The first-order chi connectivity index (χ1) is 6.91. The summed E-state index contributed by atoms with van der Waals surface area (Å²) in [4.78, 5) is 11.6. The molecule has 0 amide bonds. The van der Waals surface area contributed by atoms with Crippen LogP contribution in [0.3, 0.4) is 0 Å². The largest absolute Gasteiger partial charge is 0.459 e. The molecule has 1 rings (SSSR count). The van der Waals surface area contributed by atoms with E-state index in [0.29, 0.717) is 20.2 Å². The summed E-state index contributed by atoms with van der Waals surface area (Å²) < 4.78 is 6.41. The third-order valence-electron chi connectivity index (χ3n) is 1.66. The van der Waals surface area contributed by atoms with Gasteiger partial charge in [-0.15, -0.1) is 0 Å². The standard InChI is InChI=1S/C10H11Br2NO2/c1-5(2)15-10(14)6-3-7(11)9(13)8(12)4-6/h3-5H,13H2,1-2H3. The van der Waals surface area contributed by atoms with Crippen molar-refractivity contribution in [3.63, 3.8) is 0 Å². The van der Waals surface area contributed by atoms with Crippen LogP contribution < -0.4 is 5.73 Å². The van der Waals surface area contributed by atoms with Crippen molar-refractivity contribution in [1.82, 2.24) is 0 Å². The zero-order valence-corrected chi connectivity index (χ0v) is 11.6. The van der Waals surface area contributed by atoms with Crippen LogP contribution in [0.1, 0.15) is 24.2 Å². The number of carbonyl (C=O) groups excluding carboxylic acids is 1. The summed E-state index contributed by atoms with van der Waals surface area (Å²) in [5.74, 6) is -0.355. The number of benzene rings is 1. The molecule has 0 atom stereocenters. The SMILES string of the molecule is CC(C)OC(=O)c1cc(Br)c(N)c(Br)c1. The first-order valence-electron chi connectivity index (χ1n) is 4.37. The van der Waals surface area contributed by atoms with E-state index in [9.17, 15) is 4.79 Å². The molecule has 0 aromatic heterocycles. The second-order valence-electron chi connectivity index (χ2n) is 3.31. The van der Waals surface area contributed by atoms with Crippen LogP contribution in [0.4, 0.5) is 5.69 Å². The summed E-state index contributed by atoms with van der Waals surface area (Å²) >= 11 is 6.54. The fraction of sp³-hybridized carbons (Fsp3) is 0.300. The van der Waals surface area contributed by atoms with E-state index in [1.54, 1.807) is 26.0 Å². The molecule has 0 unspecified atom stereocenters. The number of carbonyl (C=O) groups is 1. The van der Waals surface area contributed by atoms with Gasteiger partial charge in [0.25, 0.3) is 0 Å². The molecule has 0 saturated carbocycles. The minimum Gasteiger partial charge on any atom is -0.459 e.